The summed E-state index contributed by atoms with van der Waals surface area (Å²) in [5.74, 6) is -0.603. The third kappa shape index (κ3) is 4.67. The summed E-state index contributed by atoms with van der Waals surface area (Å²) >= 11 is 0. The number of hydrogen-bond donors (Lipinski definition) is 0. The Morgan fingerprint density at radius 2 is 1.73 bits per heavy atom. The van der Waals surface area contributed by atoms with Crippen molar-refractivity contribution in [2.45, 2.75) is 52.7 Å². The Morgan fingerprint density at radius 3 is 2.48 bits per heavy atom. The molecule has 0 spiro atoms. The van der Waals surface area contributed by atoms with Gasteiger partial charge in [0.05, 0.1) is 5.39 Å². The van der Waals surface area contributed by atoms with Crippen LogP contribution < -0.4 is 10.5 Å². The van der Waals surface area contributed by atoms with Gasteiger partial charge in [0, 0.05) is 24.2 Å². The van der Waals surface area contributed by atoms with Crippen molar-refractivity contribution in [3.05, 3.63) is 70.1 Å². The number of aryl methyl sites for hydroxylation is 2. The molecule has 0 bridgehead atoms. The highest BCUT2D eigenvalue weighted by atomic mass is 16.5. The van der Waals surface area contributed by atoms with Crippen molar-refractivity contribution in [2.75, 3.05) is 11.4 Å². The van der Waals surface area contributed by atoms with Crippen molar-refractivity contribution in [3.8, 4) is 0 Å². The van der Waals surface area contributed by atoms with Gasteiger partial charge in [-0.2, -0.15) is 5.10 Å². The average molecular weight is 448 g/mol. The van der Waals surface area contributed by atoms with Crippen molar-refractivity contribution in [1.82, 2.24) is 9.78 Å². The van der Waals surface area contributed by atoms with E-state index in [-0.39, 0.29) is 17.2 Å². The van der Waals surface area contributed by atoms with Gasteiger partial charge in [-0.1, -0.05) is 50.2 Å². The Morgan fingerprint density at radius 1 is 1.03 bits per heavy atom. The van der Waals surface area contributed by atoms with E-state index in [2.05, 4.69) is 18.9 Å². The molecule has 0 N–H and O–H groups in total. The third-order valence-electron chi connectivity index (χ3n) is 5.99. The Balaban J connectivity index is 1.61. The molecule has 1 amide bonds. The van der Waals surface area contributed by atoms with Crippen LogP contribution in [0.2, 0.25) is 0 Å². The lowest BCUT2D eigenvalue weighted by atomic mass is 10.0. The minimum Gasteiger partial charge on any atom is -0.448 e. The van der Waals surface area contributed by atoms with Gasteiger partial charge < -0.3 is 9.64 Å². The van der Waals surface area contributed by atoms with Crippen LogP contribution in [0.4, 0.5) is 5.69 Å². The molecule has 0 aliphatic carbocycles. The molecule has 3 aromatic rings. The fraction of sp³-hybridized carbons (Fsp3) is 0.385. The second kappa shape index (κ2) is 9.57. The Labute approximate surface area is 193 Å². The van der Waals surface area contributed by atoms with Gasteiger partial charge in [-0.15, -0.1) is 0 Å². The minimum absolute atomic E-state index is 0.0488. The number of benzene rings is 2. The van der Waals surface area contributed by atoms with E-state index < -0.39 is 12.1 Å². The van der Waals surface area contributed by atoms with E-state index in [4.69, 9.17) is 4.74 Å². The number of esters is 1. The van der Waals surface area contributed by atoms with Crippen molar-refractivity contribution < 1.29 is 14.3 Å². The maximum absolute atomic E-state index is 13.2. The number of ether oxygens (including phenoxy) is 1. The zero-order valence-corrected chi connectivity index (χ0v) is 19.3. The van der Waals surface area contributed by atoms with Crippen LogP contribution in [0.1, 0.15) is 49.7 Å². The number of hydrogen-bond acceptors (Lipinski definition) is 5. The van der Waals surface area contributed by atoms with E-state index in [0.29, 0.717) is 29.8 Å². The number of rotatable bonds is 6. The molecule has 0 radical (unpaired) electrons. The molecule has 0 unspecified atom stereocenters. The molecule has 33 heavy (non-hydrogen) atoms. The lowest BCUT2D eigenvalue weighted by Gasteiger charge is -2.31. The second-order valence-corrected chi connectivity index (χ2v) is 8.87. The topological polar surface area (TPSA) is 81.5 Å². The second-order valence-electron chi connectivity index (χ2n) is 8.87. The number of nitrogens with zero attached hydrogens (tertiary/aromatic N) is 3. The van der Waals surface area contributed by atoms with Gasteiger partial charge in [-0.05, 0) is 49.8 Å². The number of anilines is 1. The van der Waals surface area contributed by atoms with E-state index in [0.717, 1.165) is 30.5 Å². The summed E-state index contributed by atoms with van der Waals surface area (Å²) in [7, 11) is 0. The van der Waals surface area contributed by atoms with Gasteiger partial charge >= 0.3 is 5.97 Å². The summed E-state index contributed by atoms with van der Waals surface area (Å²) in [6.07, 6.45) is 1.54. The zero-order chi connectivity index (χ0) is 23.5. The average Bonchev–Trinajstić information content (AvgIpc) is 2.82. The lowest BCUT2D eigenvalue weighted by Crippen LogP contribution is -2.43. The van der Waals surface area contributed by atoms with Crippen molar-refractivity contribution in [3.63, 3.8) is 0 Å². The number of carbonyl (C=O) groups is 2. The first-order valence-electron chi connectivity index (χ1n) is 11.5. The van der Waals surface area contributed by atoms with Crippen LogP contribution in [0.15, 0.2) is 53.3 Å². The maximum Gasteiger partial charge on any atom is 0.360 e. The fourth-order valence-electron chi connectivity index (χ4n) is 4.17. The number of amides is 1. The van der Waals surface area contributed by atoms with Crippen LogP contribution in [0.5, 0.6) is 0 Å². The summed E-state index contributed by atoms with van der Waals surface area (Å²) < 4.78 is 6.91. The van der Waals surface area contributed by atoms with Crippen LogP contribution in [0, 0.1) is 5.92 Å². The Hall–Kier alpha value is -3.48. The first-order chi connectivity index (χ1) is 15.9. The standard InChI is InChI=1S/C26H29N3O4/c1-17(2)14-16-29-25(31)21-12-6-5-11-20(21)23(27-29)26(32)33-18(3)24(30)28-15-8-10-19-9-4-7-13-22(19)28/h4-7,9,11-13,17-18H,8,10,14-16H2,1-3H3/t18-/m0/s1. The zero-order valence-electron chi connectivity index (χ0n) is 19.3. The Bertz CT molecular complexity index is 1250. The van der Waals surface area contributed by atoms with Crippen LogP contribution in [-0.4, -0.2) is 34.3 Å². The SMILES string of the molecule is CC(C)CCn1nc(C(=O)O[C@@H](C)C(=O)N2CCCc3ccccc32)c2ccccc2c1=O. The molecule has 7 nitrogen and oxygen atoms in total. The number of aromatic nitrogens is 2. The molecular formula is C26H29N3O4. The molecular weight excluding hydrogens is 418 g/mol. The number of carbonyl (C=O) groups excluding carboxylic acids is 2. The summed E-state index contributed by atoms with van der Waals surface area (Å²) in [6, 6.07) is 14.7. The summed E-state index contributed by atoms with van der Waals surface area (Å²) in [5.41, 5.74) is 1.78. The first kappa shape index (κ1) is 22.7. The van der Waals surface area contributed by atoms with Gasteiger partial charge in [0.1, 0.15) is 0 Å². The smallest absolute Gasteiger partial charge is 0.360 e. The number of fused-ring (bicyclic) bond motifs is 2. The largest absolute Gasteiger partial charge is 0.448 e. The van der Waals surface area contributed by atoms with Crippen LogP contribution in [0.25, 0.3) is 10.8 Å². The minimum atomic E-state index is -0.986. The lowest BCUT2D eigenvalue weighted by molar-refractivity contribution is -0.126. The molecule has 4 rings (SSSR count). The van der Waals surface area contributed by atoms with Gasteiger partial charge in [0.25, 0.3) is 11.5 Å². The Kier molecular flexibility index (Phi) is 6.58. The van der Waals surface area contributed by atoms with Crippen LogP contribution in [-0.2, 0) is 22.5 Å². The summed E-state index contributed by atoms with van der Waals surface area (Å²) in [6.45, 7) is 6.69. The highest BCUT2D eigenvalue weighted by molar-refractivity contribution is 6.04. The van der Waals surface area contributed by atoms with Gasteiger partial charge in [0.15, 0.2) is 11.8 Å². The van der Waals surface area contributed by atoms with Gasteiger partial charge in [0.2, 0.25) is 0 Å². The van der Waals surface area contributed by atoms with E-state index in [9.17, 15) is 14.4 Å². The van der Waals surface area contributed by atoms with E-state index in [1.54, 1.807) is 36.1 Å². The van der Waals surface area contributed by atoms with Crippen molar-refractivity contribution in [2.24, 2.45) is 5.92 Å². The molecule has 0 fully saturated rings. The summed E-state index contributed by atoms with van der Waals surface area (Å²) in [5, 5.41) is 5.17. The van der Waals surface area contributed by atoms with E-state index in [1.165, 1.54) is 4.68 Å². The fourth-order valence-corrected chi connectivity index (χ4v) is 4.17. The molecule has 7 heteroatoms. The maximum atomic E-state index is 13.2. The quantitative estimate of drug-likeness (QED) is 0.534. The monoisotopic (exact) mass is 447 g/mol. The van der Waals surface area contributed by atoms with E-state index in [1.807, 2.05) is 24.3 Å². The highest BCUT2D eigenvalue weighted by Gasteiger charge is 2.29. The molecule has 1 atom stereocenters. The van der Waals surface area contributed by atoms with Gasteiger partial charge in [-0.3, -0.25) is 9.59 Å². The van der Waals surface area contributed by atoms with Crippen molar-refractivity contribution in [1.29, 1.82) is 0 Å². The third-order valence-corrected chi connectivity index (χ3v) is 5.99. The first-order valence-corrected chi connectivity index (χ1v) is 11.5. The summed E-state index contributed by atoms with van der Waals surface area (Å²) in [4.78, 5) is 40.8. The molecule has 0 saturated heterocycles. The normalized spacial score (nSPS) is 14.2. The predicted molar refractivity (Wildman–Crippen MR) is 127 cm³/mol. The van der Waals surface area contributed by atoms with E-state index >= 15 is 0 Å². The molecule has 2 aromatic carbocycles. The molecule has 2 heterocycles. The molecule has 1 aromatic heterocycles. The molecule has 1 aliphatic rings. The van der Waals surface area contributed by atoms with Crippen LogP contribution in [0.3, 0.4) is 0 Å². The van der Waals surface area contributed by atoms with Gasteiger partial charge in [-0.25, -0.2) is 9.48 Å². The molecule has 1 aliphatic heterocycles. The number of para-hydroxylation sites is 1. The highest BCUT2D eigenvalue weighted by Crippen LogP contribution is 2.27. The van der Waals surface area contributed by atoms with Crippen LogP contribution >= 0.6 is 0 Å². The molecule has 172 valence electrons. The molecule has 0 saturated carbocycles. The van der Waals surface area contributed by atoms with Crippen molar-refractivity contribution >= 4 is 28.3 Å². The predicted octanol–water partition coefficient (Wildman–Crippen LogP) is 3.97.